The molecule has 18 heavy (non-hydrogen) atoms. The van der Waals surface area contributed by atoms with Crippen molar-refractivity contribution in [3.8, 4) is 0 Å². The highest BCUT2D eigenvalue weighted by molar-refractivity contribution is 9.10. The Balaban J connectivity index is 2.82. The number of amides is 1. The average Bonchev–Trinajstić information content (AvgIpc) is 2.24. The molecule has 1 aromatic rings. The highest BCUT2D eigenvalue weighted by Gasteiger charge is 2.27. The van der Waals surface area contributed by atoms with Crippen LogP contribution in [0.5, 0.6) is 0 Å². The minimum absolute atomic E-state index is 0.174. The first-order chi connectivity index (χ1) is 8.21. The monoisotopic (exact) mass is 313 g/mol. The van der Waals surface area contributed by atoms with E-state index in [1.807, 2.05) is 52.0 Å². The second-order valence-corrected chi connectivity index (χ2v) is 6.43. The first-order valence-electron chi connectivity index (χ1n) is 5.98. The molecule has 0 spiro atoms. The van der Waals surface area contributed by atoms with Crippen LogP contribution in [0.15, 0.2) is 28.7 Å². The van der Waals surface area contributed by atoms with Crippen molar-refractivity contribution < 1.29 is 9.90 Å². The van der Waals surface area contributed by atoms with Crippen LogP contribution in [0.4, 0.5) is 4.79 Å². The van der Waals surface area contributed by atoms with Gasteiger partial charge in [-0.15, -0.1) is 0 Å². The quantitative estimate of drug-likeness (QED) is 0.902. The zero-order valence-electron chi connectivity index (χ0n) is 11.3. The van der Waals surface area contributed by atoms with Crippen molar-refractivity contribution in [2.24, 2.45) is 0 Å². The van der Waals surface area contributed by atoms with Crippen LogP contribution in [-0.4, -0.2) is 28.2 Å². The molecule has 1 rings (SSSR count). The van der Waals surface area contributed by atoms with Crippen molar-refractivity contribution in [3.63, 3.8) is 0 Å². The highest BCUT2D eigenvalue weighted by atomic mass is 79.9. The Morgan fingerprint density at radius 3 is 2.22 bits per heavy atom. The van der Waals surface area contributed by atoms with Crippen LogP contribution < -0.4 is 0 Å². The van der Waals surface area contributed by atoms with Crippen LogP contribution in [0.2, 0.25) is 0 Å². The van der Waals surface area contributed by atoms with Crippen molar-refractivity contribution in [2.45, 2.75) is 39.2 Å². The number of nitrogens with zero attached hydrogens (tertiary/aromatic N) is 1. The minimum Gasteiger partial charge on any atom is -0.465 e. The number of carbonyl (C=O) groups is 1. The Bertz CT molecular complexity index is 409. The van der Waals surface area contributed by atoms with E-state index in [4.69, 9.17) is 0 Å². The van der Waals surface area contributed by atoms with E-state index >= 15 is 0 Å². The molecule has 0 fully saturated rings. The molecule has 0 heterocycles. The fourth-order valence-corrected chi connectivity index (χ4v) is 2.07. The number of hydrogen-bond donors (Lipinski definition) is 1. The molecular formula is C14H20BrNO2. The second-order valence-electron chi connectivity index (χ2n) is 5.52. The molecule has 3 nitrogen and oxygen atoms in total. The smallest absolute Gasteiger partial charge is 0.407 e. The summed E-state index contributed by atoms with van der Waals surface area (Å²) in [5, 5.41) is 9.27. The summed E-state index contributed by atoms with van der Waals surface area (Å²) in [7, 11) is 0. The Hall–Kier alpha value is -1.03. The van der Waals surface area contributed by atoms with Gasteiger partial charge in [-0.2, -0.15) is 0 Å². The number of hydrogen-bond acceptors (Lipinski definition) is 1. The predicted octanol–water partition coefficient (Wildman–Crippen LogP) is 4.33. The maximum Gasteiger partial charge on any atom is 0.407 e. The molecular weight excluding hydrogens is 294 g/mol. The Kier molecular flexibility index (Phi) is 4.79. The predicted molar refractivity (Wildman–Crippen MR) is 77.0 cm³/mol. The van der Waals surface area contributed by atoms with Gasteiger partial charge < -0.3 is 10.0 Å². The summed E-state index contributed by atoms with van der Waals surface area (Å²) in [5.74, 6) is 0.174. The molecule has 0 aliphatic carbocycles. The highest BCUT2D eigenvalue weighted by Crippen LogP contribution is 2.23. The van der Waals surface area contributed by atoms with Crippen molar-refractivity contribution in [2.75, 3.05) is 6.54 Å². The van der Waals surface area contributed by atoms with Crippen LogP contribution in [0.25, 0.3) is 0 Å². The lowest BCUT2D eigenvalue weighted by molar-refractivity contribution is 0.0968. The normalized spacial score (nSPS) is 13.2. The molecule has 1 aromatic carbocycles. The van der Waals surface area contributed by atoms with Crippen molar-refractivity contribution in [1.29, 1.82) is 0 Å². The molecule has 4 heteroatoms. The molecule has 0 saturated heterocycles. The third-order valence-corrected chi connectivity index (χ3v) is 3.46. The van der Waals surface area contributed by atoms with Crippen LogP contribution in [-0.2, 0) is 0 Å². The third kappa shape index (κ3) is 4.02. The van der Waals surface area contributed by atoms with E-state index in [9.17, 15) is 9.90 Å². The maximum absolute atomic E-state index is 11.3. The van der Waals surface area contributed by atoms with Crippen LogP contribution >= 0.6 is 15.9 Å². The molecule has 0 saturated carbocycles. The SMILES string of the molecule is CC(CN(C(=O)O)C(C)(C)C)c1ccc(Br)cc1. The van der Waals surface area contributed by atoms with E-state index in [0.29, 0.717) is 6.54 Å². The maximum atomic E-state index is 11.3. The zero-order chi connectivity index (χ0) is 13.9. The fraction of sp³-hybridized carbons (Fsp3) is 0.500. The number of halogens is 1. The standard InChI is InChI=1S/C14H20BrNO2/c1-10(11-5-7-12(15)8-6-11)9-16(13(17)18)14(2,3)4/h5-8,10H,9H2,1-4H3,(H,17,18). The molecule has 1 amide bonds. The Morgan fingerprint density at radius 1 is 1.33 bits per heavy atom. The summed E-state index contributed by atoms with van der Waals surface area (Å²) in [4.78, 5) is 12.8. The summed E-state index contributed by atoms with van der Waals surface area (Å²) in [6.07, 6.45) is -0.869. The van der Waals surface area contributed by atoms with Gasteiger partial charge in [-0.25, -0.2) is 4.79 Å². The first-order valence-corrected chi connectivity index (χ1v) is 6.77. The van der Waals surface area contributed by atoms with Gasteiger partial charge in [0.05, 0.1) is 0 Å². The lowest BCUT2D eigenvalue weighted by atomic mass is 9.98. The van der Waals surface area contributed by atoms with Gasteiger partial charge in [0.15, 0.2) is 0 Å². The van der Waals surface area contributed by atoms with Crippen molar-refractivity contribution >= 4 is 22.0 Å². The van der Waals surface area contributed by atoms with E-state index in [0.717, 1.165) is 10.0 Å². The van der Waals surface area contributed by atoms with Crippen LogP contribution in [0, 0.1) is 0 Å². The number of rotatable bonds is 3. The zero-order valence-corrected chi connectivity index (χ0v) is 12.9. The minimum atomic E-state index is -0.869. The average molecular weight is 314 g/mol. The fourth-order valence-electron chi connectivity index (χ4n) is 1.81. The van der Waals surface area contributed by atoms with Gasteiger partial charge in [0.25, 0.3) is 0 Å². The Morgan fingerprint density at radius 2 is 1.83 bits per heavy atom. The summed E-state index contributed by atoms with van der Waals surface area (Å²) in [5.41, 5.74) is 0.767. The van der Waals surface area contributed by atoms with Gasteiger partial charge in [-0.05, 0) is 44.4 Å². The van der Waals surface area contributed by atoms with Crippen LogP contribution in [0.1, 0.15) is 39.2 Å². The molecule has 1 unspecified atom stereocenters. The van der Waals surface area contributed by atoms with E-state index in [2.05, 4.69) is 15.9 Å². The van der Waals surface area contributed by atoms with Gasteiger partial charge in [-0.3, -0.25) is 0 Å². The molecule has 0 aromatic heterocycles. The van der Waals surface area contributed by atoms with Gasteiger partial charge in [0.2, 0.25) is 0 Å². The molecule has 0 aliphatic rings. The molecule has 1 N–H and O–H groups in total. The summed E-state index contributed by atoms with van der Waals surface area (Å²) in [6, 6.07) is 8.01. The van der Waals surface area contributed by atoms with E-state index in [1.54, 1.807) is 0 Å². The largest absolute Gasteiger partial charge is 0.465 e. The van der Waals surface area contributed by atoms with Gasteiger partial charge in [0, 0.05) is 16.6 Å². The third-order valence-electron chi connectivity index (χ3n) is 2.94. The van der Waals surface area contributed by atoms with Gasteiger partial charge in [-0.1, -0.05) is 35.0 Å². The summed E-state index contributed by atoms with van der Waals surface area (Å²) in [6.45, 7) is 8.28. The lowest BCUT2D eigenvalue weighted by Crippen LogP contribution is -2.46. The summed E-state index contributed by atoms with van der Waals surface area (Å²) < 4.78 is 1.03. The molecule has 0 aliphatic heterocycles. The van der Waals surface area contributed by atoms with Gasteiger partial charge >= 0.3 is 6.09 Å². The molecule has 0 radical (unpaired) electrons. The van der Waals surface area contributed by atoms with Gasteiger partial charge in [0.1, 0.15) is 0 Å². The van der Waals surface area contributed by atoms with E-state index in [-0.39, 0.29) is 11.5 Å². The van der Waals surface area contributed by atoms with E-state index in [1.165, 1.54) is 4.90 Å². The van der Waals surface area contributed by atoms with Crippen molar-refractivity contribution in [3.05, 3.63) is 34.3 Å². The topological polar surface area (TPSA) is 40.5 Å². The van der Waals surface area contributed by atoms with Crippen LogP contribution in [0.3, 0.4) is 0 Å². The van der Waals surface area contributed by atoms with Crippen molar-refractivity contribution in [1.82, 2.24) is 4.90 Å². The molecule has 100 valence electrons. The second kappa shape index (κ2) is 5.74. The molecule has 1 atom stereocenters. The van der Waals surface area contributed by atoms with E-state index < -0.39 is 6.09 Å². The number of carboxylic acid groups (broad SMARTS) is 1. The first kappa shape index (κ1) is 15.0. The summed E-state index contributed by atoms with van der Waals surface area (Å²) >= 11 is 3.40. The molecule has 0 bridgehead atoms. The number of benzene rings is 1. The Labute approximate surface area is 117 Å². The lowest BCUT2D eigenvalue weighted by Gasteiger charge is -2.35.